The minimum absolute atomic E-state index is 0.0637. The Hall–Kier alpha value is -2.08. The van der Waals surface area contributed by atoms with Crippen LogP contribution in [0.1, 0.15) is 23.7 Å². The van der Waals surface area contributed by atoms with Crippen molar-refractivity contribution in [2.75, 3.05) is 26.3 Å². The van der Waals surface area contributed by atoms with Crippen molar-refractivity contribution in [3.05, 3.63) is 29.8 Å². The second-order valence-corrected chi connectivity index (χ2v) is 4.83. The molecule has 0 radical (unpaired) electrons. The molecule has 0 spiro atoms. The van der Waals surface area contributed by atoms with Crippen molar-refractivity contribution >= 4 is 11.9 Å². The SMILES string of the molecule is CCCOc1cccc(C(=O)N2CCOC(C(=O)O)C2)c1. The Morgan fingerprint density at radius 1 is 1.48 bits per heavy atom. The average molecular weight is 293 g/mol. The van der Waals surface area contributed by atoms with Gasteiger partial charge < -0.3 is 19.5 Å². The van der Waals surface area contributed by atoms with Crippen molar-refractivity contribution in [1.29, 1.82) is 0 Å². The van der Waals surface area contributed by atoms with Crippen LogP contribution in [0.5, 0.6) is 5.75 Å². The average Bonchev–Trinajstić information content (AvgIpc) is 2.52. The van der Waals surface area contributed by atoms with Crippen LogP contribution in [0.3, 0.4) is 0 Å². The molecule has 1 aliphatic rings. The number of benzene rings is 1. The number of carbonyl (C=O) groups excluding carboxylic acids is 1. The van der Waals surface area contributed by atoms with E-state index in [1.54, 1.807) is 24.3 Å². The molecule has 1 aliphatic heterocycles. The minimum atomic E-state index is -1.05. The number of carboxylic acids is 1. The Balaban J connectivity index is 2.06. The van der Waals surface area contributed by atoms with Crippen molar-refractivity contribution in [3.8, 4) is 5.75 Å². The molecule has 1 fully saturated rings. The van der Waals surface area contributed by atoms with E-state index >= 15 is 0 Å². The maximum atomic E-state index is 12.4. The van der Waals surface area contributed by atoms with Gasteiger partial charge in [0.15, 0.2) is 6.10 Å². The molecule has 1 N–H and O–H groups in total. The molecule has 6 nitrogen and oxygen atoms in total. The summed E-state index contributed by atoms with van der Waals surface area (Å²) in [6.45, 7) is 3.29. The number of carbonyl (C=O) groups is 2. The summed E-state index contributed by atoms with van der Waals surface area (Å²) in [7, 11) is 0. The molecule has 1 amide bonds. The van der Waals surface area contributed by atoms with Gasteiger partial charge in [0.05, 0.1) is 19.8 Å². The third-order valence-corrected chi connectivity index (χ3v) is 3.18. The predicted octanol–water partition coefficient (Wildman–Crippen LogP) is 1.40. The summed E-state index contributed by atoms with van der Waals surface area (Å²) >= 11 is 0. The van der Waals surface area contributed by atoms with Crippen LogP contribution in [0.15, 0.2) is 24.3 Å². The molecular formula is C15H19NO5. The highest BCUT2D eigenvalue weighted by atomic mass is 16.5. The van der Waals surface area contributed by atoms with E-state index in [4.69, 9.17) is 14.6 Å². The highest BCUT2D eigenvalue weighted by Gasteiger charge is 2.29. The van der Waals surface area contributed by atoms with E-state index in [-0.39, 0.29) is 19.1 Å². The number of carboxylic acid groups (broad SMARTS) is 1. The molecule has 1 heterocycles. The number of amides is 1. The van der Waals surface area contributed by atoms with Gasteiger partial charge in [0.2, 0.25) is 0 Å². The zero-order chi connectivity index (χ0) is 15.2. The van der Waals surface area contributed by atoms with E-state index < -0.39 is 12.1 Å². The van der Waals surface area contributed by atoms with Gasteiger partial charge in [-0.05, 0) is 24.6 Å². The van der Waals surface area contributed by atoms with E-state index in [0.717, 1.165) is 6.42 Å². The van der Waals surface area contributed by atoms with E-state index in [9.17, 15) is 9.59 Å². The smallest absolute Gasteiger partial charge is 0.334 e. The summed E-state index contributed by atoms with van der Waals surface area (Å²) in [5, 5.41) is 8.97. The number of rotatable bonds is 5. The van der Waals surface area contributed by atoms with Crippen LogP contribution in [0.4, 0.5) is 0 Å². The second kappa shape index (κ2) is 7.08. The maximum absolute atomic E-state index is 12.4. The van der Waals surface area contributed by atoms with E-state index in [1.165, 1.54) is 4.90 Å². The van der Waals surface area contributed by atoms with Gasteiger partial charge in [0, 0.05) is 12.1 Å². The third kappa shape index (κ3) is 3.95. The molecule has 2 rings (SSSR count). The molecule has 0 saturated carbocycles. The summed E-state index contributed by atoms with van der Waals surface area (Å²) in [6, 6.07) is 6.94. The van der Waals surface area contributed by atoms with Crippen LogP contribution in [0, 0.1) is 0 Å². The monoisotopic (exact) mass is 293 g/mol. The van der Waals surface area contributed by atoms with E-state index in [0.29, 0.717) is 24.5 Å². The van der Waals surface area contributed by atoms with Gasteiger partial charge >= 0.3 is 5.97 Å². The lowest BCUT2D eigenvalue weighted by Gasteiger charge is -2.31. The van der Waals surface area contributed by atoms with Crippen molar-refractivity contribution in [1.82, 2.24) is 4.90 Å². The minimum Gasteiger partial charge on any atom is -0.494 e. The quantitative estimate of drug-likeness (QED) is 0.888. The van der Waals surface area contributed by atoms with Crippen LogP contribution in [0.2, 0.25) is 0 Å². The van der Waals surface area contributed by atoms with Crippen LogP contribution in [-0.2, 0) is 9.53 Å². The third-order valence-electron chi connectivity index (χ3n) is 3.18. The Morgan fingerprint density at radius 2 is 2.29 bits per heavy atom. The molecule has 6 heteroatoms. The fraction of sp³-hybridized carbons (Fsp3) is 0.467. The molecule has 1 saturated heterocycles. The van der Waals surface area contributed by atoms with Gasteiger partial charge in [-0.1, -0.05) is 13.0 Å². The van der Waals surface area contributed by atoms with Gasteiger partial charge in [-0.25, -0.2) is 4.79 Å². The molecule has 1 aromatic carbocycles. The Bertz CT molecular complexity index is 517. The van der Waals surface area contributed by atoms with Crippen molar-refractivity contribution < 1.29 is 24.2 Å². The number of hydrogen-bond acceptors (Lipinski definition) is 4. The van der Waals surface area contributed by atoms with Gasteiger partial charge in [-0.3, -0.25) is 4.79 Å². The first kappa shape index (κ1) is 15.3. The Morgan fingerprint density at radius 3 is 3.00 bits per heavy atom. The van der Waals surface area contributed by atoms with Crippen LogP contribution in [0.25, 0.3) is 0 Å². The molecular weight excluding hydrogens is 274 g/mol. The van der Waals surface area contributed by atoms with Crippen molar-refractivity contribution in [2.45, 2.75) is 19.4 Å². The maximum Gasteiger partial charge on any atom is 0.334 e. The molecule has 114 valence electrons. The lowest BCUT2D eigenvalue weighted by Crippen LogP contribution is -2.48. The fourth-order valence-corrected chi connectivity index (χ4v) is 2.10. The molecule has 0 aliphatic carbocycles. The Kier molecular flexibility index (Phi) is 5.16. The summed E-state index contributed by atoms with van der Waals surface area (Å²) in [4.78, 5) is 24.9. The number of ether oxygens (including phenoxy) is 2. The highest BCUT2D eigenvalue weighted by molar-refractivity contribution is 5.95. The van der Waals surface area contributed by atoms with Gasteiger partial charge in [-0.15, -0.1) is 0 Å². The zero-order valence-corrected chi connectivity index (χ0v) is 11.9. The van der Waals surface area contributed by atoms with Crippen molar-refractivity contribution in [2.24, 2.45) is 0 Å². The first-order valence-electron chi connectivity index (χ1n) is 6.98. The first-order chi connectivity index (χ1) is 10.1. The van der Waals surface area contributed by atoms with Crippen LogP contribution < -0.4 is 4.74 Å². The molecule has 1 atom stereocenters. The Labute approximate surface area is 123 Å². The normalized spacial score (nSPS) is 18.3. The molecule has 1 unspecified atom stereocenters. The fourth-order valence-electron chi connectivity index (χ4n) is 2.10. The second-order valence-electron chi connectivity index (χ2n) is 4.83. The summed E-state index contributed by atoms with van der Waals surface area (Å²) in [6.07, 6.45) is -0.0655. The number of hydrogen-bond donors (Lipinski definition) is 1. The topological polar surface area (TPSA) is 76.1 Å². The number of nitrogens with zero attached hydrogens (tertiary/aromatic N) is 1. The first-order valence-corrected chi connectivity index (χ1v) is 6.98. The number of morpholine rings is 1. The van der Waals surface area contributed by atoms with E-state index in [1.807, 2.05) is 6.92 Å². The molecule has 0 aromatic heterocycles. The van der Waals surface area contributed by atoms with Gasteiger partial charge in [-0.2, -0.15) is 0 Å². The van der Waals surface area contributed by atoms with Gasteiger partial charge in [0.25, 0.3) is 5.91 Å². The summed E-state index contributed by atoms with van der Waals surface area (Å²) in [5.41, 5.74) is 0.495. The predicted molar refractivity (Wildman–Crippen MR) is 75.5 cm³/mol. The van der Waals surface area contributed by atoms with E-state index in [2.05, 4.69) is 0 Å². The molecule has 21 heavy (non-hydrogen) atoms. The van der Waals surface area contributed by atoms with Gasteiger partial charge in [0.1, 0.15) is 5.75 Å². The lowest BCUT2D eigenvalue weighted by molar-refractivity contribution is -0.154. The van der Waals surface area contributed by atoms with Crippen molar-refractivity contribution in [3.63, 3.8) is 0 Å². The van der Waals surface area contributed by atoms with Crippen LogP contribution >= 0.6 is 0 Å². The molecule has 0 bridgehead atoms. The number of aliphatic carboxylic acids is 1. The zero-order valence-electron chi connectivity index (χ0n) is 11.9. The summed E-state index contributed by atoms with van der Waals surface area (Å²) in [5.74, 6) is -0.607. The summed E-state index contributed by atoms with van der Waals surface area (Å²) < 4.78 is 10.6. The van der Waals surface area contributed by atoms with Crippen LogP contribution in [-0.4, -0.2) is 54.3 Å². The largest absolute Gasteiger partial charge is 0.494 e. The standard InChI is InChI=1S/C15H19NO5/c1-2-7-20-12-5-3-4-11(9-12)14(17)16-6-8-21-13(10-16)15(18)19/h3-5,9,13H,2,6-8,10H2,1H3,(H,18,19). The lowest BCUT2D eigenvalue weighted by atomic mass is 10.1. The molecule has 1 aromatic rings. The highest BCUT2D eigenvalue weighted by Crippen LogP contribution is 2.17.